The second-order valence-corrected chi connectivity index (χ2v) is 7.74. The van der Waals surface area contributed by atoms with Gasteiger partial charge in [0, 0.05) is 6.54 Å². The van der Waals surface area contributed by atoms with E-state index >= 15 is 0 Å². The number of nitrogens with zero attached hydrogens (tertiary/aromatic N) is 1. The molecule has 1 unspecified atom stereocenters. The van der Waals surface area contributed by atoms with E-state index in [2.05, 4.69) is 15.6 Å². The molecule has 0 fully saturated rings. The monoisotopic (exact) mass is 444 g/mol. The van der Waals surface area contributed by atoms with E-state index in [1.165, 1.54) is 0 Å². The van der Waals surface area contributed by atoms with Gasteiger partial charge in [0.15, 0.2) is 0 Å². The Morgan fingerprint density at radius 1 is 0.909 bits per heavy atom. The van der Waals surface area contributed by atoms with Gasteiger partial charge in [-0.25, -0.2) is 9.78 Å². The molecular weight excluding hydrogens is 416 g/mol. The van der Waals surface area contributed by atoms with Gasteiger partial charge in [0.25, 0.3) is 0 Å². The van der Waals surface area contributed by atoms with Gasteiger partial charge in [-0.2, -0.15) is 0 Å². The van der Waals surface area contributed by atoms with Crippen LogP contribution < -0.4 is 20.1 Å². The molecule has 4 rings (SSSR count). The number of carbonyl (C=O) groups is 1. The van der Waals surface area contributed by atoms with Gasteiger partial charge in [0.1, 0.15) is 17.3 Å². The van der Waals surface area contributed by atoms with E-state index in [9.17, 15) is 4.79 Å². The van der Waals surface area contributed by atoms with Crippen molar-refractivity contribution in [3.8, 4) is 11.5 Å². The Labute approximate surface area is 193 Å². The first kappa shape index (κ1) is 22.2. The maximum atomic E-state index is 12.7. The zero-order valence-corrected chi connectivity index (χ0v) is 18.8. The maximum absolute atomic E-state index is 12.7. The molecule has 0 aliphatic heterocycles. The molecule has 170 valence electrons. The zero-order valence-electron chi connectivity index (χ0n) is 18.8. The third kappa shape index (κ3) is 5.83. The van der Waals surface area contributed by atoms with E-state index in [1.807, 2.05) is 72.8 Å². The fourth-order valence-corrected chi connectivity index (χ4v) is 3.67. The van der Waals surface area contributed by atoms with Crippen molar-refractivity contribution < 1.29 is 14.3 Å². The first-order chi connectivity index (χ1) is 16.1. The van der Waals surface area contributed by atoms with Gasteiger partial charge in [-0.05, 0) is 60.4 Å². The number of imidazole rings is 1. The van der Waals surface area contributed by atoms with Crippen molar-refractivity contribution in [3.05, 3.63) is 89.7 Å². The number of H-pyrrole nitrogens is 1. The van der Waals surface area contributed by atoms with Crippen molar-refractivity contribution in [2.45, 2.75) is 18.9 Å². The highest BCUT2D eigenvalue weighted by molar-refractivity contribution is 5.76. The Balaban J connectivity index is 1.43. The Bertz CT molecular complexity index is 1150. The summed E-state index contributed by atoms with van der Waals surface area (Å²) in [5.41, 5.74) is 4.01. The maximum Gasteiger partial charge on any atom is 0.315 e. The smallest absolute Gasteiger partial charge is 0.315 e. The second kappa shape index (κ2) is 10.5. The number of nitrogens with one attached hydrogen (secondary N) is 3. The molecule has 7 heteroatoms. The van der Waals surface area contributed by atoms with Crippen LogP contribution in [0.4, 0.5) is 4.79 Å². The van der Waals surface area contributed by atoms with Crippen LogP contribution in [0.25, 0.3) is 11.0 Å². The highest BCUT2D eigenvalue weighted by Gasteiger charge is 2.19. The van der Waals surface area contributed by atoms with Crippen molar-refractivity contribution in [2.75, 3.05) is 20.8 Å². The second-order valence-electron chi connectivity index (χ2n) is 7.74. The number of methoxy groups -OCH3 is 2. The molecule has 4 aromatic rings. The molecular formula is C26H28N4O3. The lowest BCUT2D eigenvalue weighted by Crippen LogP contribution is -2.40. The van der Waals surface area contributed by atoms with Gasteiger partial charge < -0.3 is 25.1 Å². The molecule has 2 amide bonds. The number of para-hydroxylation sites is 2. The molecule has 0 bridgehead atoms. The van der Waals surface area contributed by atoms with Crippen LogP contribution in [-0.2, 0) is 12.8 Å². The van der Waals surface area contributed by atoms with Gasteiger partial charge in [-0.1, -0.05) is 36.4 Å². The van der Waals surface area contributed by atoms with E-state index in [1.54, 1.807) is 14.2 Å². The molecule has 0 aliphatic rings. The highest BCUT2D eigenvalue weighted by Crippen LogP contribution is 2.21. The summed E-state index contributed by atoms with van der Waals surface area (Å²) in [5.74, 6) is 2.33. The quantitative estimate of drug-likeness (QED) is 0.357. The number of benzene rings is 3. The Morgan fingerprint density at radius 3 is 2.18 bits per heavy atom. The van der Waals surface area contributed by atoms with Crippen LogP contribution in [0, 0.1) is 0 Å². The van der Waals surface area contributed by atoms with E-state index in [4.69, 9.17) is 14.5 Å². The fourth-order valence-electron chi connectivity index (χ4n) is 3.67. The summed E-state index contributed by atoms with van der Waals surface area (Å²) in [5, 5.41) is 6.04. The van der Waals surface area contributed by atoms with Crippen molar-refractivity contribution in [2.24, 2.45) is 0 Å². The minimum absolute atomic E-state index is 0.234. The number of carbonyl (C=O) groups excluding carboxylic acids is 1. The fraction of sp³-hybridized carbons (Fsp3) is 0.231. The molecule has 0 aliphatic carbocycles. The van der Waals surface area contributed by atoms with E-state index in [0.717, 1.165) is 45.9 Å². The van der Waals surface area contributed by atoms with Gasteiger partial charge in [0.2, 0.25) is 0 Å². The minimum Gasteiger partial charge on any atom is -0.497 e. The number of hydrogen-bond donors (Lipinski definition) is 3. The van der Waals surface area contributed by atoms with Gasteiger partial charge in [-0.3, -0.25) is 0 Å². The molecule has 0 saturated carbocycles. The van der Waals surface area contributed by atoms with Crippen molar-refractivity contribution >= 4 is 17.1 Å². The molecule has 33 heavy (non-hydrogen) atoms. The highest BCUT2D eigenvalue weighted by atomic mass is 16.5. The molecule has 3 aromatic carbocycles. The number of fused-ring (bicyclic) bond motifs is 1. The van der Waals surface area contributed by atoms with Crippen LogP contribution in [-0.4, -0.2) is 36.8 Å². The van der Waals surface area contributed by atoms with Crippen LogP contribution in [0.5, 0.6) is 11.5 Å². The van der Waals surface area contributed by atoms with Crippen molar-refractivity contribution in [1.82, 2.24) is 20.6 Å². The summed E-state index contributed by atoms with van der Waals surface area (Å²) in [7, 11) is 3.29. The molecule has 0 radical (unpaired) electrons. The number of aromatic nitrogens is 2. The summed E-state index contributed by atoms with van der Waals surface area (Å²) in [6.45, 7) is 0.521. The zero-order chi connectivity index (χ0) is 23.0. The standard InChI is InChI=1S/C26H28N4O3/c1-32-20-11-7-18(8-12-20)15-16-27-26(31)30-24(17-19-9-13-21(33-2)14-10-19)25-28-22-5-3-4-6-23(22)29-25/h3-14,24H,15-17H2,1-2H3,(H,28,29)(H2,27,30,31). The van der Waals surface area contributed by atoms with E-state index in [-0.39, 0.29) is 12.1 Å². The third-order valence-electron chi connectivity index (χ3n) is 5.50. The molecule has 3 N–H and O–H groups in total. The topological polar surface area (TPSA) is 88.3 Å². The van der Waals surface area contributed by atoms with Crippen LogP contribution in [0.15, 0.2) is 72.8 Å². The number of ether oxygens (including phenoxy) is 2. The van der Waals surface area contributed by atoms with Crippen molar-refractivity contribution in [3.63, 3.8) is 0 Å². The Kier molecular flexibility index (Phi) is 7.09. The van der Waals surface area contributed by atoms with Crippen LogP contribution >= 0.6 is 0 Å². The lowest BCUT2D eigenvalue weighted by Gasteiger charge is -2.18. The average Bonchev–Trinajstić information content (AvgIpc) is 3.29. The Morgan fingerprint density at radius 2 is 1.55 bits per heavy atom. The molecule has 1 aromatic heterocycles. The first-order valence-electron chi connectivity index (χ1n) is 10.9. The number of aromatic amines is 1. The van der Waals surface area contributed by atoms with Gasteiger partial charge >= 0.3 is 6.03 Å². The largest absolute Gasteiger partial charge is 0.497 e. The molecule has 1 atom stereocenters. The summed E-state index contributed by atoms with van der Waals surface area (Å²) in [4.78, 5) is 20.8. The number of rotatable bonds is 9. The summed E-state index contributed by atoms with van der Waals surface area (Å²) >= 11 is 0. The predicted molar refractivity (Wildman–Crippen MR) is 129 cm³/mol. The normalized spacial score (nSPS) is 11.7. The first-order valence-corrected chi connectivity index (χ1v) is 10.9. The molecule has 7 nitrogen and oxygen atoms in total. The SMILES string of the molecule is COc1ccc(CCNC(=O)NC(Cc2ccc(OC)cc2)c2nc3ccccc3[nH]2)cc1. The van der Waals surface area contributed by atoms with Crippen molar-refractivity contribution in [1.29, 1.82) is 0 Å². The van der Waals surface area contributed by atoms with Crippen LogP contribution in [0.3, 0.4) is 0 Å². The number of amides is 2. The lowest BCUT2D eigenvalue weighted by atomic mass is 10.1. The van der Waals surface area contributed by atoms with Crippen LogP contribution in [0.1, 0.15) is 23.0 Å². The van der Waals surface area contributed by atoms with Crippen LogP contribution in [0.2, 0.25) is 0 Å². The average molecular weight is 445 g/mol. The van der Waals surface area contributed by atoms with E-state index < -0.39 is 0 Å². The lowest BCUT2D eigenvalue weighted by molar-refractivity contribution is 0.236. The summed E-state index contributed by atoms with van der Waals surface area (Å²) in [6, 6.07) is 23.0. The number of urea groups is 1. The van der Waals surface area contributed by atoms with Gasteiger partial charge in [-0.15, -0.1) is 0 Å². The minimum atomic E-state index is -0.313. The predicted octanol–water partition coefficient (Wildman–Crippen LogP) is 4.41. The third-order valence-corrected chi connectivity index (χ3v) is 5.50. The molecule has 0 saturated heterocycles. The summed E-state index contributed by atoms with van der Waals surface area (Å²) < 4.78 is 10.4. The summed E-state index contributed by atoms with van der Waals surface area (Å²) in [6.07, 6.45) is 1.32. The number of hydrogen-bond acceptors (Lipinski definition) is 4. The molecule has 1 heterocycles. The van der Waals surface area contributed by atoms with E-state index in [0.29, 0.717) is 13.0 Å². The van der Waals surface area contributed by atoms with Gasteiger partial charge in [0.05, 0.1) is 31.3 Å². The molecule has 0 spiro atoms. The Hall–Kier alpha value is -4.00.